The Labute approximate surface area is 206 Å². The van der Waals surface area contributed by atoms with Gasteiger partial charge in [-0.1, -0.05) is 0 Å². The molecule has 0 bridgehead atoms. The molecule has 2 N–H and O–H groups in total. The van der Waals surface area contributed by atoms with E-state index in [1.807, 2.05) is 24.3 Å². The first-order chi connectivity index (χ1) is 17.3. The summed E-state index contributed by atoms with van der Waals surface area (Å²) in [6, 6.07) is 9.89. The molecule has 4 heterocycles. The monoisotopic (exact) mass is 492 g/mol. The first-order valence-electron chi connectivity index (χ1n) is 11.6. The number of anilines is 3. The van der Waals surface area contributed by atoms with E-state index in [-0.39, 0.29) is 17.9 Å². The Hall–Kier alpha value is -4.19. The van der Waals surface area contributed by atoms with Crippen LogP contribution in [-0.4, -0.2) is 69.0 Å². The van der Waals surface area contributed by atoms with Crippen molar-refractivity contribution in [1.29, 1.82) is 0 Å². The van der Waals surface area contributed by atoms with Crippen molar-refractivity contribution in [2.45, 2.75) is 25.9 Å². The van der Waals surface area contributed by atoms with Crippen LogP contribution in [0.25, 0.3) is 16.7 Å². The summed E-state index contributed by atoms with van der Waals surface area (Å²) in [5, 5.41) is 12.0. The van der Waals surface area contributed by atoms with Crippen LogP contribution in [0.5, 0.6) is 5.75 Å². The molecule has 12 heteroatoms. The quantitative estimate of drug-likeness (QED) is 0.382. The number of hydrogen-bond donors (Lipinski definition) is 2. The number of piperazine rings is 1. The van der Waals surface area contributed by atoms with Gasteiger partial charge in [-0.15, -0.1) is 0 Å². The van der Waals surface area contributed by atoms with Gasteiger partial charge in [-0.3, -0.25) is 4.79 Å². The van der Waals surface area contributed by atoms with Crippen molar-refractivity contribution in [3.63, 3.8) is 0 Å². The highest BCUT2D eigenvalue weighted by Crippen LogP contribution is 2.26. The van der Waals surface area contributed by atoms with E-state index in [0.29, 0.717) is 23.7 Å². The van der Waals surface area contributed by atoms with E-state index in [0.717, 1.165) is 35.5 Å². The van der Waals surface area contributed by atoms with Crippen LogP contribution in [0.4, 0.5) is 17.3 Å². The second-order valence-electron chi connectivity index (χ2n) is 8.98. The average molecular weight is 493 g/mol. The molecule has 0 saturated carbocycles. The van der Waals surface area contributed by atoms with E-state index in [1.165, 1.54) is 18.0 Å². The molecule has 1 fully saturated rings. The Morgan fingerprint density at radius 1 is 1.19 bits per heavy atom. The Kier molecular flexibility index (Phi) is 6.18. The van der Waals surface area contributed by atoms with Gasteiger partial charge in [0, 0.05) is 49.4 Å². The first-order valence-corrected chi connectivity index (χ1v) is 11.6. The molecule has 4 aromatic rings. The van der Waals surface area contributed by atoms with Gasteiger partial charge in [0.15, 0.2) is 12.4 Å². The van der Waals surface area contributed by atoms with Crippen LogP contribution in [0.2, 0.25) is 0 Å². The molecule has 1 aliphatic rings. The predicted molar refractivity (Wildman–Crippen MR) is 135 cm³/mol. The van der Waals surface area contributed by atoms with Gasteiger partial charge in [-0.2, -0.15) is 19.6 Å². The highest BCUT2D eigenvalue weighted by atomic mass is 16.6. The number of aromatic nitrogens is 5. The fourth-order valence-corrected chi connectivity index (χ4v) is 4.54. The highest BCUT2D eigenvalue weighted by molar-refractivity contribution is 5.85. The maximum Gasteiger partial charge on any atom is 0.343 e. The normalized spacial score (nSPS) is 17.9. The predicted octanol–water partition coefficient (Wildman–Crippen LogP) is 1.46. The molecule has 12 nitrogen and oxygen atoms in total. The van der Waals surface area contributed by atoms with Gasteiger partial charge in [0.1, 0.15) is 18.0 Å². The fraction of sp³-hybridized carbons (Fsp3) is 0.375. The number of pyridine rings is 1. The summed E-state index contributed by atoms with van der Waals surface area (Å²) >= 11 is 0. The van der Waals surface area contributed by atoms with E-state index in [1.54, 1.807) is 17.6 Å². The van der Waals surface area contributed by atoms with Crippen molar-refractivity contribution in [2.24, 2.45) is 7.05 Å². The summed E-state index contributed by atoms with van der Waals surface area (Å²) in [5.41, 5.74) is 1.16. The Morgan fingerprint density at radius 3 is 2.72 bits per heavy atom. The molecular formula is C24H28N8O4. The second-order valence-corrected chi connectivity index (χ2v) is 8.98. The third-order valence-corrected chi connectivity index (χ3v) is 6.16. The number of rotatable bonds is 6. The maximum atomic E-state index is 12.6. The van der Waals surface area contributed by atoms with Crippen molar-refractivity contribution >= 4 is 40.0 Å². The number of nitrogens with one attached hydrogen (secondary N) is 2. The number of methoxy groups -OCH3 is 1. The Morgan fingerprint density at radius 2 is 1.97 bits per heavy atom. The van der Waals surface area contributed by atoms with Crippen LogP contribution in [0.15, 0.2) is 41.5 Å². The van der Waals surface area contributed by atoms with Crippen molar-refractivity contribution in [3.05, 3.63) is 47.0 Å². The SMILES string of the molecule is COC(=O)COc1cc2cc(Nc3cc(N4C[C@@H](C)N[C@@H](C)C4)nc4ncnn34)ccc2n(C)c1=O. The largest absolute Gasteiger partial charge is 0.476 e. The van der Waals surface area contributed by atoms with E-state index >= 15 is 0 Å². The number of hydrogen-bond acceptors (Lipinski definition) is 10. The van der Waals surface area contributed by atoms with Gasteiger partial charge in [-0.05, 0) is 38.1 Å². The molecule has 36 heavy (non-hydrogen) atoms. The summed E-state index contributed by atoms with van der Waals surface area (Å²) in [4.78, 5) is 35.4. The second kappa shape index (κ2) is 9.46. The Balaban J connectivity index is 1.49. The number of carbonyl (C=O) groups is 1. The lowest BCUT2D eigenvalue weighted by Crippen LogP contribution is -2.54. The van der Waals surface area contributed by atoms with E-state index in [2.05, 4.69) is 44.2 Å². The third kappa shape index (κ3) is 4.54. The molecule has 1 aromatic carbocycles. The summed E-state index contributed by atoms with van der Waals surface area (Å²) in [6.45, 7) is 5.63. The summed E-state index contributed by atoms with van der Waals surface area (Å²) in [5.74, 6) is 1.53. The molecule has 0 radical (unpaired) electrons. The van der Waals surface area contributed by atoms with Crippen LogP contribution < -0.4 is 25.8 Å². The number of nitrogens with zero attached hydrogens (tertiary/aromatic N) is 6. The van der Waals surface area contributed by atoms with Crippen molar-refractivity contribution < 1.29 is 14.3 Å². The third-order valence-electron chi connectivity index (χ3n) is 6.16. The standard InChI is InChI=1S/C24H28N8O4/c1-14-10-31(11-15(2)27-14)20-9-21(32-24(29-20)25-13-26-32)28-17-5-6-18-16(7-17)8-19(23(34)30(18)3)36-12-22(33)35-4/h5-9,13-15,27-28H,10-12H2,1-4H3/t14-,15+. The molecule has 0 spiro atoms. The highest BCUT2D eigenvalue weighted by Gasteiger charge is 2.23. The lowest BCUT2D eigenvalue weighted by Gasteiger charge is -2.37. The molecule has 0 aliphatic carbocycles. The minimum absolute atomic E-state index is 0.0689. The zero-order chi connectivity index (χ0) is 25.4. The molecule has 0 amide bonds. The van der Waals surface area contributed by atoms with E-state index in [4.69, 9.17) is 9.72 Å². The summed E-state index contributed by atoms with van der Waals surface area (Å²) < 4.78 is 13.1. The first kappa shape index (κ1) is 23.5. The summed E-state index contributed by atoms with van der Waals surface area (Å²) in [7, 11) is 2.93. The Bertz CT molecular complexity index is 1490. The van der Waals surface area contributed by atoms with Crippen molar-refractivity contribution in [3.8, 4) is 5.75 Å². The van der Waals surface area contributed by atoms with Crippen LogP contribution >= 0.6 is 0 Å². The average Bonchev–Trinajstić information content (AvgIpc) is 3.33. The lowest BCUT2D eigenvalue weighted by molar-refractivity contribution is -0.142. The molecular weight excluding hydrogens is 464 g/mol. The van der Waals surface area contributed by atoms with Gasteiger partial charge >= 0.3 is 5.97 Å². The molecule has 1 aliphatic heterocycles. The van der Waals surface area contributed by atoms with Crippen LogP contribution in [-0.2, 0) is 16.6 Å². The van der Waals surface area contributed by atoms with Crippen molar-refractivity contribution in [1.82, 2.24) is 29.5 Å². The summed E-state index contributed by atoms with van der Waals surface area (Å²) in [6.07, 6.45) is 1.47. The maximum absolute atomic E-state index is 12.6. The van der Waals surface area contributed by atoms with Gasteiger partial charge < -0.3 is 29.6 Å². The van der Waals surface area contributed by atoms with Gasteiger partial charge in [-0.25, -0.2) is 4.79 Å². The van der Waals surface area contributed by atoms with Crippen LogP contribution in [0.3, 0.4) is 0 Å². The topological polar surface area (TPSA) is 128 Å². The fourth-order valence-electron chi connectivity index (χ4n) is 4.54. The molecule has 1 saturated heterocycles. The van der Waals surface area contributed by atoms with Crippen LogP contribution in [0, 0.1) is 0 Å². The number of aryl methyl sites for hydroxylation is 1. The van der Waals surface area contributed by atoms with Gasteiger partial charge in [0.2, 0.25) is 0 Å². The molecule has 0 unspecified atom stereocenters. The molecule has 5 rings (SSSR count). The minimum atomic E-state index is -0.564. The van der Waals surface area contributed by atoms with Gasteiger partial charge in [0.05, 0.1) is 12.6 Å². The zero-order valence-electron chi connectivity index (χ0n) is 20.6. The molecule has 2 atom stereocenters. The minimum Gasteiger partial charge on any atom is -0.476 e. The molecule has 188 valence electrons. The molecule has 3 aromatic heterocycles. The number of benzene rings is 1. The number of ether oxygens (including phenoxy) is 2. The van der Waals surface area contributed by atoms with Gasteiger partial charge in [0.25, 0.3) is 11.3 Å². The number of carbonyl (C=O) groups excluding carboxylic acids is 1. The van der Waals surface area contributed by atoms with E-state index in [9.17, 15) is 9.59 Å². The lowest BCUT2D eigenvalue weighted by atomic mass is 10.1. The number of esters is 1. The van der Waals surface area contributed by atoms with Crippen molar-refractivity contribution in [2.75, 3.05) is 37.0 Å². The van der Waals surface area contributed by atoms with E-state index < -0.39 is 5.97 Å². The zero-order valence-corrected chi connectivity index (χ0v) is 20.6. The number of fused-ring (bicyclic) bond motifs is 2. The smallest absolute Gasteiger partial charge is 0.343 e. The van der Waals surface area contributed by atoms with Crippen LogP contribution in [0.1, 0.15) is 13.8 Å².